The third-order valence-electron chi connectivity index (χ3n) is 5.36. The molecule has 0 spiro atoms. The summed E-state index contributed by atoms with van der Waals surface area (Å²) in [6, 6.07) is 24.0. The Morgan fingerprint density at radius 1 is 0.900 bits per heavy atom. The summed E-state index contributed by atoms with van der Waals surface area (Å²) in [5, 5.41) is 23.0. The van der Waals surface area contributed by atoms with E-state index in [0.717, 1.165) is 28.9 Å². The minimum Gasteiger partial charge on any atom is -0.504 e. The molecule has 0 unspecified atom stereocenters. The molecule has 3 N–H and O–H groups in total. The smallest absolute Gasteiger partial charge is 0.263 e. The minimum atomic E-state index is -1.04. The first-order valence-corrected chi connectivity index (χ1v) is 9.98. The molecule has 0 bridgehead atoms. The lowest BCUT2D eigenvalue weighted by Gasteiger charge is -2.28. The monoisotopic (exact) mass is 400 g/mol. The Hall–Kier alpha value is -3.73. The van der Waals surface area contributed by atoms with Crippen molar-refractivity contribution in [1.82, 2.24) is 10.2 Å². The van der Waals surface area contributed by atoms with Gasteiger partial charge in [0.15, 0.2) is 17.0 Å². The summed E-state index contributed by atoms with van der Waals surface area (Å²) in [7, 11) is 0. The van der Waals surface area contributed by atoms with E-state index in [4.69, 9.17) is 0 Å². The number of carbonyl (C=O) groups excluding carboxylic acids is 1. The second kappa shape index (κ2) is 7.95. The molecule has 0 aromatic heterocycles. The molecule has 5 heteroatoms. The van der Waals surface area contributed by atoms with Crippen molar-refractivity contribution in [2.45, 2.75) is 25.4 Å². The number of aromatic hydroxyl groups is 2. The Kier molecular flexibility index (Phi) is 5.19. The molecule has 0 atom stereocenters. The number of amides is 1. The first kappa shape index (κ1) is 19.6. The Morgan fingerprint density at radius 2 is 1.50 bits per heavy atom. The van der Waals surface area contributed by atoms with Gasteiger partial charge in [0.1, 0.15) is 5.82 Å². The highest BCUT2D eigenvalue weighted by atomic mass is 16.3. The van der Waals surface area contributed by atoms with Crippen molar-refractivity contribution in [1.29, 1.82) is 0 Å². The Bertz CT molecular complexity index is 1040. The van der Waals surface area contributed by atoms with Crippen molar-refractivity contribution < 1.29 is 15.0 Å². The molecule has 1 amide bonds. The maximum atomic E-state index is 14.0. The van der Waals surface area contributed by atoms with Gasteiger partial charge in [-0.15, -0.1) is 0 Å². The van der Waals surface area contributed by atoms with E-state index in [-0.39, 0.29) is 24.0 Å². The Balaban J connectivity index is 1.83. The SMILES string of the molecule is CC/C=C1/NC(c2ccccc2)(c2ccccc2)C(=O)N1Cc1ccc(O)c(O)c1. The first-order valence-electron chi connectivity index (χ1n) is 9.98. The number of phenolic OH excluding ortho intramolecular Hbond substituents is 2. The van der Waals surface area contributed by atoms with Crippen LogP contribution in [-0.4, -0.2) is 21.0 Å². The van der Waals surface area contributed by atoms with Crippen molar-refractivity contribution >= 4 is 5.91 Å². The number of rotatable bonds is 5. The highest BCUT2D eigenvalue weighted by Crippen LogP contribution is 2.39. The lowest BCUT2D eigenvalue weighted by atomic mass is 9.82. The summed E-state index contributed by atoms with van der Waals surface area (Å²) in [4.78, 5) is 15.7. The maximum Gasteiger partial charge on any atom is 0.263 e. The van der Waals surface area contributed by atoms with E-state index in [2.05, 4.69) is 5.32 Å². The number of carbonyl (C=O) groups is 1. The summed E-state index contributed by atoms with van der Waals surface area (Å²) in [6.07, 6.45) is 2.75. The third kappa shape index (κ3) is 3.28. The van der Waals surface area contributed by atoms with E-state index >= 15 is 0 Å². The molecule has 30 heavy (non-hydrogen) atoms. The van der Waals surface area contributed by atoms with Gasteiger partial charge in [-0.3, -0.25) is 9.69 Å². The van der Waals surface area contributed by atoms with Crippen LogP contribution in [0.4, 0.5) is 0 Å². The fraction of sp³-hybridized carbons (Fsp3) is 0.160. The van der Waals surface area contributed by atoms with Gasteiger partial charge in [0, 0.05) is 0 Å². The molecule has 0 radical (unpaired) electrons. The van der Waals surface area contributed by atoms with Crippen molar-refractivity contribution in [3.05, 3.63) is 107 Å². The van der Waals surface area contributed by atoms with Crippen LogP contribution >= 0.6 is 0 Å². The number of hydrogen-bond donors (Lipinski definition) is 3. The molecule has 152 valence electrons. The molecule has 0 aliphatic carbocycles. The maximum absolute atomic E-state index is 14.0. The van der Waals surface area contributed by atoms with E-state index in [0.29, 0.717) is 0 Å². The van der Waals surface area contributed by atoms with E-state index in [1.165, 1.54) is 12.1 Å². The van der Waals surface area contributed by atoms with Crippen LogP contribution in [0.25, 0.3) is 0 Å². The van der Waals surface area contributed by atoms with Crippen LogP contribution in [0.1, 0.15) is 30.0 Å². The van der Waals surface area contributed by atoms with Crippen LogP contribution in [0.15, 0.2) is 90.8 Å². The summed E-state index contributed by atoms with van der Waals surface area (Å²) >= 11 is 0. The third-order valence-corrected chi connectivity index (χ3v) is 5.36. The quantitative estimate of drug-likeness (QED) is 0.561. The second-order valence-corrected chi connectivity index (χ2v) is 7.32. The zero-order valence-electron chi connectivity index (χ0n) is 16.7. The van der Waals surface area contributed by atoms with Crippen LogP contribution in [0.2, 0.25) is 0 Å². The summed E-state index contributed by atoms with van der Waals surface area (Å²) in [5.74, 6) is 0.248. The van der Waals surface area contributed by atoms with Gasteiger partial charge in [0.05, 0.1) is 6.54 Å². The normalized spacial score (nSPS) is 16.6. The average Bonchev–Trinajstić information content (AvgIpc) is 3.05. The molecule has 1 fully saturated rings. The van der Waals surface area contributed by atoms with E-state index in [1.54, 1.807) is 11.0 Å². The van der Waals surface area contributed by atoms with Crippen LogP contribution in [-0.2, 0) is 16.9 Å². The standard InChI is InChI=1S/C25H24N2O3/c1-2-9-23-26-25(19-10-5-3-6-11-19,20-12-7-4-8-13-20)24(30)27(23)17-18-14-15-21(28)22(29)16-18/h3-16,26,28-29H,2,17H2,1H3/b23-9-. The average molecular weight is 400 g/mol. The van der Waals surface area contributed by atoms with Gasteiger partial charge in [-0.2, -0.15) is 0 Å². The minimum absolute atomic E-state index is 0.0906. The van der Waals surface area contributed by atoms with Gasteiger partial charge in [-0.05, 0) is 41.3 Å². The molecule has 3 aromatic rings. The van der Waals surface area contributed by atoms with Crippen molar-refractivity contribution in [2.75, 3.05) is 0 Å². The molecule has 5 nitrogen and oxygen atoms in total. The van der Waals surface area contributed by atoms with Gasteiger partial charge in [-0.1, -0.05) is 73.7 Å². The van der Waals surface area contributed by atoms with Gasteiger partial charge in [-0.25, -0.2) is 0 Å². The summed E-state index contributed by atoms with van der Waals surface area (Å²) < 4.78 is 0. The molecule has 1 heterocycles. The van der Waals surface area contributed by atoms with Gasteiger partial charge in [0.25, 0.3) is 5.91 Å². The highest BCUT2D eigenvalue weighted by molar-refractivity contribution is 5.95. The first-order chi connectivity index (χ1) is 14.6. The zero-order chi connectivity index (χ0) is 21.1. The van der Waals surface area contributed by atoms with Crippen molar-refractivity contribution in [3.8, 4) is 11.5 Å². The Morgan fingerprint density at radius 3 is 2.03 bits per heavy atom. The number of allylic oxidation sites excluding steroid dienone is 1. The number of benzene rings is 3. The predicted molar refractivity (Wildman–Crippen MR) is 115 cm³/mol. The highest BCUT2D eigenvalue weighted by Gasteiger charge is 2.51. The van der Waals surface area contributed by atoms with Crippen LogP contribution < -0.4 is 5.32 Å². The van der Waals surface area contributed by atoms with Crippen LogP contribution in [0, 0.1) is 0 Å². The zero-order valence-corrected chi connectivity index (χ0v) is 16.7. The fourth-order valence-corrected chi connectivity index (χ4v) is 3.92. The molecule has 3 aromatic carbocycles. The Labute approximate surface area is 175 Å². The van der Waals surface area contributed by atoms with Gasteiger partial charge in [0.2, 0.25) is 0 Å². The number of phenols is 2. The number of nitrogens with zero attached hydrogens (tertiary/aromatic N) is 1. The van der Waals surface area contributed by atoms with Gasteiger partial charge >= 0.3 is 0 Å². The van der Waals surface area contributed by atoms with E-state index < -0.39 is 5.54 Å². The number of nitrogens with one attached hydrogen (secondary N) is 1. The fourth-order valence-electron chi connectivity index (χ4n) is 3.92. The lowest BCUT2D eigenvalue weighted by molar-refractivity contribution is -0.131. The van der Waals surface area contributed by atoms with Gasteiger partial charge < -0.3 is 15.5 Å². The topological polar surface area (TPSA) is 72.8 Å². The molecule has 1 saturated heterocycles. The molecular formula is C25H24N2O3. The summed E-state index contributed by atoms with van der Waals surface area (Å²) in [6.45, 7) is 2.29. The second-order valence-electron chi connectivity index (χ2n) is 7.32. The predicted octanol–water partition coefficient (Wildman–Crippen LogP) is 4.22. The lowest BCUT2D eigenvalue weighted by Crippen LogP contribution is -2.44. The van der Waals surface area contributed by atoms with E-state index in [9.17, 15) is 15.0 Å². The van der Waals surface area contributed by atoms with Crippen LogP contribution in [0.5, 0.6) is 11.5 Å². The van der Waals surface area contributed by atoms with Crippen molar-refractivity contribution in [2.24, 2.45) is 0 Å². The largest absolute Gasteiger partial charge is 0.504 e. The molecule has 0 saturated carbocycles. The molecular weight excluding hydrogens is 376 g/mol. The van der Waals surface area contributed by atoms with Crippen molar-refractivity contribution in [3.63, 3.8) is 0 Å². The summed E-state index contributed by atoms with van der Waals surface area (Å²) in [5.41, 5.74) is 1.40. The number of hydrogen-bond acceptors (Lipinski definition) is 4. The molecule has 4 rings (SSSR count). The van der Waals surface area contributed by atoms with E-state index in [1.807, 2.05) is 73.7 Å². The molecule has 1 aliphatic rings. The van der Waals surface area contributed by atoms with Crippen LogP contribution in [0.3, 0.4) is 0 Å². The molecule has 1 aliphatic heterocycles.